The van der Waals surface area contributed by atoms with Crippen LogP contribution in [0, 0.1) is 0 Å². The second kappa shape index (κ2) is 7.19. The summed E-state index contributed by atoms with van der Waals surface area (Å²) in [4.78, 5) is 4.10. The molecular weight excluding hydrogens is 315 g/mol. The van der Waals surface area contributed by atoms with Crippen molar-refractivity contribution in [3.63, 3.8) is 0 Å². The molecule has 102 valence electrons. The van der Waals surface area contributed by atoms with Crippen molar-refractivity contribution in [3.8, 4) is 0 Å². The fraction of sp³-hybridized carbons (Fsp3) is 0. The third-order valence-electron chi connectivity index (χ3n) is 2.23. The molecule has 1 heterocycles. The zero-order valence-electron chi connectivity index (χ0n) is 10.2. The van der Waals surface area contributed by atoms with Gasteiger partial charge in [0.05, 0.1) is 22.0 Å². The minimum absolute atomic E-state index is 0.343. The van der Waals surface area contributed by atoms with Crippen molar-refractivity contribution in [1.82, 2.24) is 10.4 Å². The number of hydrogen-bond donors (Lipinski definition) is 2. The summed E-state index contributed by atoms with van der Waals surface area (Å²) >= 11 is 16.8. The van der Waals surface area contributed by atoms with Crippen molar-refractivity contribution >= 4 is 52.4 Å². The topological polar surface area (TPSA) is 49.3 Å². The highest BCUT2D eigenvalue weighted by Crippen LogP contribution is 2.24. The van der Waals surface area contributed by atoms with E-state index in [-0.39, 0.29) is 0 Å². The van der Waals surface area contributed by atoms with E-state index in [2.05, 4.69) is 20.8 Å². The van der Waals surface area contributed by atoms with E-state index in [0.717, 1.165) is 11.4 Å². The van der Waals surface area contributed by atoms with Gasteiger partial charge in [0.1, 0.15) is 0 Å². The van der Waals surface area contributed by atoms with Crippen LogP contribution in [0.3, 0.4) is 0 Å². The van der Waals surface area contributed by atoms with Crippen LogP contribution >= 0.6 is 35.4 Å². The van der Waals surface area contributed by atoms with E-state index in [1.54, 1.807) is 30.6 Å². The molecule has 0 amide bonds. The molecule has 2 aromatic rings. The second-order valence-corrected chi connectivity index (χ2v) is 4.93. The Labute approximate surface area is 131 Å². The molecule has 0 bridgehead atoms. The van der Waals surface area contributed by atoms with Crippen molar-refractivity contribution in [2.24, 2.45) is 5.10 Å². The summed E-state index contributed by atoms with van der Waals surface area (Å²) in [6.07, 6.45) is 3.26. The minimum atomic E-state index is 0.343. The molecule has 0 radical (unpaired) electrons. The van der Waals surface area contributed by atoms with Crippen LogP contribution in [0.4, 0.5) is 5.69 Å². The molecule has 1 aromatic carbocycles. The van der Waals surface area contributed by atoms with E-state index < -0.39 is 0 Å². The Bertz CT molecular complexity index is 632. The van der Waals surface area contributed by atoms with Gasteiger partial charge in [-0.3, -0.25) is 10.4 Å². The van der Waals surface area contributed by atoms with E-state index in [1.807, 2.05) is 18.2 Å². The normalized spacial score (nSPS) is 10.5. The summed E-state index contributed by atoms with van der Waals surface area (Å²) in [6.45, 7) is 0. The Kier molecular flexibility index (Phi) is 5.29. The first-order chi connectivity index (χ1) is 9.65. The highest BCUT2D eigenvalue weighted by molar-refractivity contribution is 7.80. The lowest BCUT2D eigenvalue weighted by molar-refractivity contribution is 1.05. The molecule has 0 spiro atoms. The quantitative estimate of drug-likeness (QED) is 0.513. The molecular formula is C13H10Cl2N4S. The molecule has 0 fully saturated rings. The summed E-state index contributed by atoms with van der Waals surface area (Å²) in [5, 5.41) is 8.20. The maximum absolute atomic E-state index is 5.91. The van der Waals surface area contributed by atoms with Gasteiger partial charge in [-0.05, 0) is 42.5 Å². The van der Waals surface area contributed by atoms with Gasteiger partial charge in [-0.1, -0.05) is 29.3 Å². The molecule has 0 saturated heterocycles. The van der Waals surface area contributed by atoms with Gasteiger partial charge in [0.2, 0.25) is 0 Å². The first-order valence-corrected chi connectivity index (χ1v) is 6.78. The Morgan fingerprint density at radius 2 is 2.05 bits per heavy atom. The second-order valence-electron chi connectivity index (χ2n) is 3.71. The fourth-order valence-electron chi connectivity index (χ4n) is 1.34. The minimum Gasteiger partial charge on any atom is -0.331 e. The van der Waals surface area contributed by atoms with Gasteiger partial charge in [-0.15, -0.1) is 0 Å². The number of nitrogens with one attached hydrogen (secondary N) is 2. The molecule has 0 aliphatic rings. The average molecular weight is 325 g/mol. The van der Waals surface area contributed by atoms with Crippen LogP contribution in [0.5, 0.6) is 0 Å². The van der Waals surface area contributed by atoms with Gasteiger partial charge in [0, 0.05) is 11.9 Å². The number of hydrazone groups is 1. The summed E-state index contributed by atoms with van der Waals surface area (Å²) < 4.78 is 0. The molecule has 2 rings (SSSR count). The number of anilines is 1. The van der Waals surface area contributed by atoms with Gasteiger partial charge in [0.15, 0.2) is 5.11 Å². The van der Waals surface area contributed by atoms with Crippen molar-refractivity contribution in [1.29, 1.82) is 0 Å². The van der Waals surface area contributed by atoms with Crippen molar-refractivity contribution < 1.29 is 0 Å². The van der Waals surface area contributed by atoms with E-state index in [9.17, 15) is 0 Å². The third-order valence-corrected chi connectivity index (χ3v) is 3.16. The number of benzene rings is 1. The molecule has 7 heteroatoms. The average Bonchev–Trinajstić information content (AvgIpc) is 2.44. The summed E-state index contributed by atoms with van der Waals surface area (Å²) in [5.41, 5.74) is 4.15. The van der Waals surface area contributed by atoms with Crippen LogP contribution in [0.15, 0.2) is 47.7 Å². The van der Waals surface area contributed by atoms with Crippen LogP contribution in [0.2, 0.25) is 10.0 Å². The molecule has 2 N–H and O–H groups in total. The van der Waals surface area contributed by atoms with Crippen LogP contribution in [0.1, 0.15) is 5.69 Å². The largest absolute Gasteiger partial charge is 0.331 e. The van der Waals surface area contributed by atoms with E-state index >= 15 is 0 Å². The summed E-state index contributed by atoms with van der Waals surface area (Å²) in [7, 11) is 0. The number of thiocarbonyl (C=S) groups is 1. The lowest BCUT2D eigenvalue weighted by Crippen LogP contribution is -2.23. The SMILES string of the molecule is S=C(N/N=C\c1ccccn1)Nc1ccc(Cl)c(Cl)c1. The number of rotatable bonds is 3. The Hall–Kier alpha value is -1.69. The number of halogens is 2. The Morgan fingerprint density at radius 1 is 1.20 bits per heavy atom. The monoisotopic (exact) mass is 324 g/mol. The number of aromatic nitrogens is 1. The molecule has 20 heavy (non-hydrogen) atoms. The van der Waals surface area contributed by atoms with Crippen molar-refractivity contribution in [2.75, 3.05) is 5.32 Å². The molecule has 0 aliphatic heterocycles. The number of pyridine rings is 1. The lowest BCUT2D eigenvalue weighted by atomic mass is 10.3. The highest BCUT2D eigenvalue weighted by Gasteiger charge is 2.00. The predicted octanol–water partition coefficient (Wildman–Crippen LogP) is 3.71. The zero-order chi connectivity index (χ0) is 14.4. The molecule has 0 atom stereocenters. The van der Waals surface area contributed by atoms with E-state index in [4.69, 9.17) is 35.4 Å². The maximum Gasteiger partial charge on any atom is 0.191 e. The molecule has 0 aliphatic carbocycles. The molecule has 0 saturated carbocycles. The van der Waals surface area contributed by atoms with E-state index in [0.29, 0.717) is 15.2 Å². The third kappa shape index (κ3) is 4.45. The van der Waals surface area contributed by atoms with Crippen LogP contribution < -0.4 is 10.7 Å². The lowest BCUT2D eigenvalue weighted by Gasteiger charge is -2.07. The standard InChI is InChI=1S/C13H10Cl2N4S/c14-11-5-4-9(7-12(11)15)18-13(20)19-17-8-10-3-1-2-6-16-10/h1-8H,(H2,18,19,20)/b17-8-. The van der Waals surface area contributed by atoms with E-state index in [1.165, 1.54) is 0 Å². The summed E-state index contributed by atoms with van der Waals surface area (Å²) in [5.74, 6) is 0. The predicted molar refractivity (Wildman–Crippen MR) is 87.6 cm³/mol. The van der Waals surface area contributed by atoms with Crippen LogP contribution in [0.25, 0.3) is 0 Å². The van der Waals surface area contributed by atoms with Crippen LogP contribution in [-0.2, 0) is 0 Å². The highest BCUT2D eigenvalue weighted by atomic mass is 35.5. The van der Waals surface area contributed by atoms with Gasteiger partial charge in [-0.25, -0.2) is 0 Å². The summed E-state index contributed by atoms with van der Waals surface area (Å²) in [6, 6.07) is 10.7. The Morgan fingerprint density at radius 3 is 2.75 bits per heavy atom. The Balaban J connectivity index is 1.89. The molecule has 0 unspecified atom stereocenters. The first-order valence-electron chi connectivity index (χ1n) is 5.61. The number of nitrogens with zero attached hydrogens (tertiary/aromatic N) is 2. The maximum atomic E-state index is 5.91. The smallest absolute Gasteiger partial charge is 0.191 e. The van der Waals surface area contributed by atoms with Crippen LogP contribution in [-0.4, -0.2) is 16.3 Å². The van der Waals surface area contributed by atoms with Gasteiger partial charge in [-0.2, -0.15) is 5.10 Å². The van der Waals surface area contributed by atoms with Crippen molar-refractivity contribution in [2.45, 2.75) is 0 Å². The fourth-order valence-corrected chi connectivity index (χ4v) is 1.81. The molecule has 4 nitrogen and oxygen atoms in total. The van der Waals surface area contributed by atoms with Gasteiger partial charge < -0.3 is 5.32 Å². The van der Waals surface area contributed by atoms with Crippen molar-refractivity contribution in [3.05, 3.63) is 58.3 Å². The first kappa shape index (κ1) is 14.7. The van der Waals surface area contributed by atoms with Gasteiger partial charge >= 0.3 is 0 Å². The molecule has 1 aromatic heterocycles. The number of hydrogen-bond acceptors (Lipinski definition) is 3. The zero-order valence-corrected chi connectivity index (χ0v) is 12.5. The van der Waals surface area contributed by atoms with Gasteiger partial charge in [0.25, 0.3) is 0 Å².